The van der Waals surface area contributed by atoms with Gasteiger partial charge in [0, 0.05) is 40.3 Å². The molecule has 1 saturated heterocycles. The minimum atomic E-state index is -3.68. The van der Waals surface area contributed by atoms with Crippen molar-refractivity contribution in [2.45, 2.75) is 12.1 Å². The van der Waals surface area contributed by atoms with Crippen molar-refractivity contribution >= 4 is 44.8 Å². The molecule has 202 valence electrons. The Balaban J connectivity index is 1.40. The number of aliphatic hydroxyl groups excluding tert-OH is 2. The highest BCUT2D eigenvalue weighted by molar-refractivity contribution is 7.92. The maximum Gasteiger partial charge on any atom is 0.251 e. The molecule has 1 fully saturated rings. The monoisotopic (exact) mass is 577 g/mol. The first-order valence-electron chi connectivity index (χ1n) is 12.1. The van der Waals surface area contributed by atoms with Crippen LogP contribution in [-0.2, 0) is 10.0 Å². The molecule has 8 nitrogen and oxygen atoms in total. The highest BCUT2D eigenvalue weighted by Gasteiger charge is 2.36. The normalized spacial score (nSPS) is 14.5. The first-order valence-corrected chi connectivity index (χ1v) is 14.5. The Morgan fingerprint density at radius 3 is 2.00 bits per heavy atom. The van der Waals surface area contributed by atoms with Crippen molar-refractivity contribution in [1.29, 1.82) is 0 Å². The van der Waals surface area contributed by atoms with Crippen LogP contribution in [-0.4, -0.2) is 67.5 Å². The Hall–Kier alpha value is -2.66. The number of likely N-dealkylation sites (tertiary alicyclic amines) is 1. The van der Waals surface area contributed by atoms with Gasteiger partial charge in [-0.05, 0) is 53.6 Å². The van der Waals surface area contributed by atoms with Crippen molar-refractivity contribution < 1.29 is 23.4 Å². The third-order valence-electron chi connectivity index (χ3n) is 6.35. The van der Waals surface area contributed by atoms with Gasteiger partial charge < -0.3 is 15.5 Å². The second-order valence-corrected chi connectivity index (χ2v) is 12.0. The number of sulfonamides is 1. The third kappa shape index (κ3) is 7.25. The minimum absolute atomic E-state index is 0.0618. The van der Waals surface area contributed by atoms with Crippen LogP contribution in [0.25, 0.3) is 0 Å². The first kappa shape index (κ1) is 28.4. The number of benzene rings is 3. The molecule has 4 N–H and O–H groups in total. The molecule has 38 heavy (non-hydrogen) atoms. The fourth-order valence-corrected chi connectivity index (χ4v) is 6.16. The minimum Gasteiger partial charge on any atom is -0.394 e. The van der Waals surface area contributed by atoms with Crippen LogP contribution in [0.3, 0.4) is 0 Å². The van der Waals surface area contributed by atoms with Gasteiger partial charge in [-0.25, -0.2) is 8.42 Å². The number of anilines is 1. The predicted molar refractivity (Wildman–Crippen MR) is 149 cm³/mol. The van der Waals surface area contributed by atoms with Crippen LogP contribution in [0.2, 0.25) is 10.0 Å². The molecule has 3 aromatic rings. The molecular formula is C27H29Cl2N3O5S. The molecule has 3 aromatic carbocycles. The standard InChI is InChI=1S/C27H29Cl2N3O5S/c28-22-8-4-19(5-9-22)26(20-6-10-23(29)11-7-20)32-13-18(14-32)17-38(36,37)31-24-3-1-2-21(12-24)27(35)30-25(15-33)16-34/h1-12,18,25-26,31,33-34H,13-17H2,(H,30,35). The number of carbonyl (C=O) groups is 1. The van der Waals surface area contributed by atoms with Gasteiger partial charge in [0.05, 0.1) is 31.1 Å². The quantitative estimate of drug-likeness (QED) is 0.277. The summed E-state index contributed by atoms with van der Waals surface area (Å²) in [4.78, 5) is 14.6. The summed E-state index contributed by atoms with van der Waals surface area (Å²) in [6, 6.07) is 20.5. The number of hydrogen-bond acceptors (Lipinski definition) is 6. The van der Waals surface area contributed by atoms with E-state index >= 15 is 0 Å². The summed E-state index contributed by atoms with van der Waals surface area (Å²) < 4.78 is 28.4. The Bertz CT molecular complexity index is 1300. The molecule has 1 heterocycles. The highest BCUT2D eigenvalue weighted by Crippen LogP contribution is 2.35. The average Bonchev–Trinajstić information content (AvgIpc) is 2.87. The van der Waals surface area contributed by atoms with Crippen LogP contribution in [0, 0.1) is 5.92 Å². The van der Waals surface area contributed by atoms with Crippen molar-refractivity contribution in [2.24, 2.45) is 5.92 Å². The molecule has 0 radical (unpaired) electrons. The summed E-state index contributed by atoms with van der Waals surface area (Å²) in [6.45, 7) is 0.347. The SMILES string of the molecule is O=C(NC(CO)CO)c1cccc(NS(=O)(=O)CC2CN(C(c3ccc(Cl)cc3)c3ccc(Cl)cc3)C2)c1. The first-order chi connectivity index (χ1) is 18.2. The smallest absolute Gasteiger partial charge is 0.251 e. The number of amides is 1. The van der Waals surface area contributed by atoms with Crippen molar-refractivity contribution in [3.05, 3.63) is 99.5 Å². The maximum atomic E-state index is 12.9. The summed E-state index contributed by atoms with van der Waals surface area (Å²) in [5.41, 5.74) is 2.58. The molecule has 0 aromatic heterocycles. The van der Waals surface area contributed by atoms with Crippen LogP contribution in [0.5, 0.6) is 0 Å². The fraction of sp³-hybridized carbons (Fsp3) is 0.296. The molecule has 0 aliphatic carbocycles. The molecule has 0 spiro atoms. The Morgan fingerprint density at radius 2 is 1.47 bits per heavy atom. The molecule has 11 heteroatoms. The third-order valence-corrected chi connectivity index (χ3v) is 8.31. The number of hydrogen-bond donors (Lipinski definition) is 4. The van der Waals surface area contributed by atoms with E-state index in [0.717, 1.165) is 11.1 Å². The molecule has 0 unspecified atom stereocenters. The molecule has 0 saturated carbocycles. The Morgan fingerprint density at radius 1 is 0.921 bits per heavy atom. The molecule has 0 atom stereocenters. The van der Waals surface area contributed by atoms with Gasteiger partial charge in [0.2, 0.25) is 10.0 Å². The summed E-state index contributed by atoms with van der Waals surface area (Å²) in [6.07, 6.45) is 0. The Kier molecular flexibility index (Phi) is 9.30. The van der Waals surface area contributed by atoms with E-state index < -0.39 is 35.2 Å². The number of rotatable bonds is 11. The number of nitrogens with one attached hydrogen (secondary N) is 2. The zero-order valence-corrected chi connectivity index (χ0v) is 22.8. The van der Waals surface area contributed by atoms with Crippen LogP contribution in [0.1, 0.15) is 27.5 Å². The fourth-order valence-electron chi connectivity index (χ4n) is 4.50. The lowest BCUT2D eigenvalue weighted by molar-refractivity contribution is 0.0813. The van der Waals surface area contributed by atoms with Crippen molar-refractivity contribution in [1.82, 2.24) is 10.2 Å². The number of aliphatic hydroxyl groups is 2. The van der Waals surface area contributed by atoms with Crippen LogP contribution >= 0.6 is 23.2 Å². The number of halogens is 2. The Labute approximate surface area is 232 Å². The van der Waals surface area contributed by atoms with Crippen molar-refractivity contribution in [3.63, 3.8) is 0 Å². The van der Waals surface area contributed by atoms with E-state index in [1.807, 2.05) is 48.5 Å². The zero-order valence-electron chi connectivity index (χ0n) is 20.4. The van der Waals surface area contributed by atoms with Gasteiger partial charge in [0.15, 0.2) is 0 Å². The topological polar surface area (TPSA) is 119 Å². The number of carbonyl (C=O) groups excluding carboxylic acids is 1. The lowest BCUT2D eigenvalue weighted by Crippen LogP contribution is -2.51. The highest BCUT2D eigenvalue weighted by atomic mass is 35.5. The molecule has 1 amide bonds. The van der Waals surface area contributed by atoms with Crippen LogP contribution in [0.15, 0.2) is 72.8 Å². The molecule has 0 bridgehead atoms. The van der Waals surface area contributed by atoms with Gasteiger partial charge in [0.1, 0.15) is 0 Å². The summed E-state index contributed by atoms with van der Waals surface area (Å²) >= 11 is 12.2. The van der Waals surface area contributed by atoms with E-state index in [-0.39, 0.29) is 29.0 Å². The van der Waals surface area contributed by atoms with E-state index in [1.54, 1.807) is 12.1 Å². The van der Waals surface area contributed by atoms with Gasteiger partial charge in [-0.15, -0.1) is 0 Å². The lowest BCUT2D eigenvalue weighted by Gasteiger charge is -2.44. The van der Waals surface area contributed by atoms with Gasteiger partial charge in [-0.2, -0.15) is 0 Å². The largest absolute Gasteiger partial charge is 0.394 e. The molecule has 4 rings (SSSR count). The average molecular weight is 579 g/mol. The van der Waals surface area contributed by atoms with E-state index in [0.29, 0.717) is 23.1 Å². The molecular weight excluding hydrogens is 549 g/mol. The number of nitrogens with zero attached hydrogens (tertiary/aromatic N) is 1. The van der Waals surface area contributed by atoms with Crippen molar-refractivity contribution in [2.75, 3.05) is 36.8 Å². The van der Waals surface area contributed by atoms with E-state index in [9.17, 15) is 13.2 Å². The van der Waals surface area contributed by atoms with Gasteiger partial charge in [-0.3, -0.25) is 14.4 Å². The second kappa shape index (κ2) is 12.5. The molecule has 1 aliphatic heterocycles. The van der Waals surface area contributed by atoms with Gasteiger partial charge >= 0.3 is 0 Å². The maximum absolute atomic E-state index is 12.9. The lowest BCUT2D eigenvalue weighted by atomic mass is 9.91. The van der Waals surface area contributed by atoms with Crippen LogP contribution in [0.4, 0.5) is 5.69 Å². The van der Waals surface area contributed by atoms with Crippen LogP contribution < -0.4 is 10.0 Å². The molecule has 1 aliphatic rings. The summed E-state index contributed by atoms with van der Waals surface area (Å²) in [5.74, 6) is -0.662. The van der Waals surface area contributed by atoms with E-state index in [4.69, 9.17) is 33.4 Å². The van der Waals surface area contributed by atoms with Gasteiger partial charge in [-0.1, -0.05) is 53.5 Å². The second-order valence-electron chi connectivity index (χ2n) is 9.33. The predicted octanol–water partition coefficient (Wildman–Crippen LogP) is 3.54. The summed E-state index contributed by atoms with van der Waals surface area (Å²) in [5, 5.41) is 22.1. The van der Waals surface area contributed by atoms with Gasteiger partial charge in [0.25, 0.3) is 5.91 Å². The zero-order chi connectivity index (χ0) is 27.3. The van der Waals surface area contributed by atoms with E-state index in [2.05, 4.69) is 14.9 Å². The van der Waals surface area contributed by atoms with Crippen molar-refractivity contribution in [3.8, 4) is 0 Å². The summed E-state index contributed by atoms with van der Waals surface area (Å²) in [7, 11) is -3.68. The van der Waals surface area contributed by atoms with E-state index in [1.165, 1.54) is 12.1 Å².